The number of hydrogen-bond donors (Lipinski definition) is 1. The van der Waals surface area contributed by atoms with E-state index in [1.165, 1.54) is 51.4 Å². The molecule has 0 rings (SSSR count). The van der Waals surface area contributed by atoms with E-state index in [2.05, 4.69) is 11.9 Å². The number of hydrogen-bond acceptors (Lipinski definition) is 4. The molecule has 0 heterocycles. The second kappa shape index (κ2) is 18.3. The van der Waals surface area contributed by atoms with E-state index in [4.69, 9.17) is 13.3 Å². The van der Waals surface area contributed by atoms with Crippen molar-refractivity contribution in [3.05, 3.63) is 12.2 Å². The third-order valence-corrected chi connectivity index (χ3v) is 7.83. The summed E-state index contributed by atoms with van der Waals surface area (Å²) in [5.74, 6) is -0.0244. The van der Waals surface area contributed by atoms with Gasteiger partial charge in [-0.05, 0) is 40.5 Å². The van der Waals surface area contributed by atoms with Gasteiger partial charge in [-0.3, -0.25) is 4.79 Å². The predicted molar refractivity (Wildman–Crippen MR) is 119 cm³/mol. The maximum Gasteiger partial charge on any atom is 0.500 e. The molecular weight excluding hydrogens is 370 g/mol. The van der Waals surface area contributed by atoms with Gasteiger partial charge in [0.1, 0.15) is 0 Å². The maximum absolute atomic E-state index is 11.3. The molecule has 1 amide bonds. The zero-order valence-electron chi connectivity index (χ0n) is 18.9. The fourth-order valence-corrected chi connectivity index (χ4v) is 5.92. The van der Waals surface area contributed by atoms with Gasteiger partial charge in [-0.15, -0.1) is 0 Å². The molecule has 0 saturated carbocycles. The lowest BCUT2D eigenvalue weighted by atomic mass is 10.1. The van der Waals surface area contributed by atoms with Gasteiger partial charge in [-0.1, -0.05) is 57.9 Å². The van der Waals surface area contributed by atoms with Crippen LogP contribution in [0.1, 0.15) is 91.9 Å². The Morgan fingerprint density at radius 3 is 1.54 bits per heavy atom. The smallest absolute Gasteiger partial charge is 0.374 e. The van der Waals surface area contributed by atoms with Crippen LogP contribution in [0.2, 0.25) is 6.04 Å². The summed E-state index contributed by atoms with van der Waals surface area (Å²) in [6, 6.07) is 0.935. The Labute approximate surface area is 175 Å². The lowest BCUT2D eigenvalue weighted by Crippen LogP contribution is -2.45. The van der Waals surface area contributed by atoms with Gasteiger partial charge in [0.25, 0.3) is 0 Å². The van der Waals surface area contributed by atoms with Crippen molar-refractivity contribution in [3.8, 4) is 0 Å². The van der Waals surface area contributed by atoms with E-state index in [-0.39, 0.29) is 5.91 Å². The van der Waals surface area contributed by atoms with Crippen LogP contribution in [0, 0.1) is 0 Å². The minimum absolute atomic E-state index is 0.0244. The fourth-order valence-electron chi connectivity index (χ4n) is 3.23. The molecule has 0 aliphatic heterocycles. The Kier molecular flexibility index (Phi) is 17.9. The summed E-state index contributed by atoms with van der Waals surface area (Å²) in [5.41, 5.74) is 0.585. The molecule has 0 saturated heterocycles. The van der Waals surface area contributed by atoms with Crippen molar-refractivity contribution < 1.29 is 18.1 Å². The van der Waals surface area contributed by atoms with Crippen LogP contribution in [0.25, 0.3) is 0 Å². The van der Waals surface area contributed by atoms with Gasteiger partial charge in [0.2, 0.25) is 5.91 Å². The minimum Gasteiger partial charge on any atom is -0.374 e. The van der Waals surface area contributed by atoms with E-state index in [9.17, 15) is 4.79 Å². The van der Waals surface area contributed by atoms with E-state index >= 15 is 0 Å². The molecular formula is C22H45NO4Si. The molecule has 0 fully saturated rings. The van der Waals surface area contributed by atoms with Crippen molar-refractivity contribution in [1.29, 1.82) is 0 Å². The van der Waals surface area contributed by atoms with Gasteiger partial charge in [-0.25, -0.2) is 0 Å². The number of rotatable bonds is 20. The first-order valence-corrected chi connectivity index (χ1v) is 13.3. The molecule has 0 bridgehead atoms. The van der Waals surface area contributed by atoms with Crippen LogP contribution >= 0.6 is 0 Å². The van der Waals surface area contributed by atoms with Crippen molar-refractivity contribution in [2.24, 2.45) is 0 Å². The maximum atomic E-state index is 11.3. The lowest BCUT2D eigenvalue weighted by molar-refractivity contribution is -0.117. The van der Waals surface area contributed by atoms with Crippen LogP contribution in [0.15, 0.2) is 12.2 Å². The molecule has 0 aromatic carbocycles. The van der Waals surface area contributed by atoms with Crippen molar-refractivity contribution in [3.63, 3.8) is 0 Å². The Morgan fingerprint density at radius 1 is 0.750 bits per heavy atom. The van der Waals surface area contributed by atoms with Gasteiger partial charge in [0.05, 0.1) is 0 Å². The van der Waals surface area contributed by atoms with E-state index < -0.39 is 8.80 Å². The molecule has 0 aliphatic carbocycles. The lowest BCUT2D eigenvalue weighted by Gasteiger charge is -2.28. The van der Waals surface area contributed by atoms with Gasteiger partial charge < -0.3 is 18.6 Å². The summed E-state index contributed by atoms with van der Waals surface area (Å²) >= 11 is 0. The molecule has 0 aliphatic rings. The Balaban J connectivity index is 3.58. The SMILES string of the molecule is C=C(C)C(=O)NCCCCCCCCCCCC[Si](OCC)(OCC)OCC. The summed E-state index contributed by atoms with van der Waals surface area (Å²) in [5, 5.41) is 2.88. The van der Waals surface area contributed by atoms with Crippen LogP contribution in [-0.2, 0) is 18.1 Å². The predicted octanol–water partition coefficient (Wildman–Crippen LogP) is 5.63. The first-order valence-electron chi connectivity index (χ1n) is 11.4. The van der Waals surface area contributed by atoms with Gasteiger partial charge in [-0.2, -0.15) is 0 Å². The first-order chi connectivity index (χ1) is 13.5. The van der Waals surface area contributed by atoms with Crippen molar-refractivity contribution in [2.45, 2.75) is 97.9 Å². The highest BCUT2D eigenvalue weighted by molar-refractivity contribution is 6.60. The fraction of sp³-hybridized carbons (Fsp3) is 0.864. The van der Waals surface area contributed by atoms with Gasteiger partial charge in [0.15, 0.2) is 0 Å². The summed E-state index contributed by atoms with van der Waals surface area (Å²) in [6.07, 6.45) is 12.4. The van der Waals surface area contributed by atoms with Crippen molar-refractivity contribution in [1.82, 2.24) is 5.32 Å². The average molecular weight is 416 g/mol. The van der Waals surface area contributed by atoms with Crippen molar-refractivity contribution in [2.75, 3.05) is 26.4 Å². The standard InChI is InChI=1S/C22H45NO4Si/c1-6-25-28(26-7-2,27-8-3)20-18-16-14-12-10-9-11-13-15-17-19-23-22(24)21(4)5/h4,6-20H2,1-3,5H3,(H,23,24). The molecule has 0 unspecified atom stereocenters. The molecule has 6 heteroatoms. The molecule has 166 valence electrons. The second-order valence-electron chi connectivity index (χ2n) is 7.30. The third kappa shape index (κ3) is 14.3. The zero-order valence-corrected chi connectivity index (χ0v) is 19.9. The van der Waals surface area contributed by atoms with Crippen LogP contribution < -0.4 is 5.32 Å². The van der Waals surface area contributed by atoms with Crippen LogP contribution in [0.5, 0.6) is 0 Å². The molecule has 0 atom stereocenters. The number of carbonyl (C=O) groups excluding carboxylic acids is 1. The highest BCUT2D eigenvalue weighted by Crippen LogP contribution is 2.21. The molecule has 0 radical (unpaired) electrons. The third-order valence-electron chi connectivity index (χ3n) is 4.68. The highest BCUT2D eigenvalue weighted by atomic mass is 28.4. The summed E-state index contributed by atoms with van der Waals surface area (Å²) in [7, 11) is -2.44. The molecule has 5 nitrogen and oxygen atoms in total. The molecule has 0 aromatic rings. The summed E-state index contributed by atoms with van der Waals surface area (Å²) < 4.78 is 17.7. The van der Waals surface area contributed by atoms with Gasteiger partial charge in [0, 0.05) is 38.0 Å². The zero-order chi connectivity index (χ0) is 21.1. The summed E-state index contributed by atoms with van der Waals surface area (Å²) in [4.78, 5) is 11.3. The van der Waals surface area contributed by atoms with E-state index in [1.807, 2.05) is 20.8 Å². The Bertz CT molecular complexity index is 387. The largest absolute Gasteiger partial charge is 0.500 e. The summed E-state index contributed by atoms with van der Waals surface area (Å²) in [6.45, 7) is 14.2. The molecule has 28 heavy (non-hydrogen) atoms. The van der Waals surface area contributed by atoms with E-state index in [1.54, 1.807) is 6.92 Å². The van der Waals surface area contributed by atoms with Crippen LogP contribution in [0.3, 0.4) is 0 Å². The van der Waals surface area contributed by atoms with E-state index in [0.29, 0.717) is 25.4 Å². The van der Waals surface area contributed by atoms with Crippen molar-refractivity contribution >= 4 is 14.7 Å². The second-order valence-corrected chi connectivity index (χ2v) is 10.0. The Morgan fingerprint density at radius 2 is 1.14 bits per heavy atom. The molecule has 1 N–H and O–H groups in total. The first kappa shape index (κ1) is 27.3. The molecule has 0 spiro atoms. The highest BCUT2D eigenvalue weighted by Gasteiger charge is 2.39. The van der Waals surface area contributed by atoms with Crippen LogP contribution in [0.4, 0.5) is 0 Å². The number of nitrogens with one attached hydrogen (secondary N) is 1. The normalized spacial score (nSPS) is 11.6. The molecule has 0 aromatic heterocycles. The minimum atomic E-state index is -2.44. The van der Waals surface area contributed by atoms with Crippen LogP contribution in [-0.4, -0.2) is 41.1 Å². The quantitative estimate of drug-likeness (QED) is 0.159. The number of unbranched alkanes of at least 4 members (excludes halogenated alkanes) is 9. The topological polar surface area (TPSA) is 56.8 Å². The number of carbonyl (C=O) groups is 1. The monoisotopic (exact) mass is 415 g/mol. The average Bonchev–Trinajstić information content (AvgIpc) is 2.65. The van der Waals surface area contributed by atoms with E-state index in [0.717, 1.165) is 25.4 Å². The Hall–Kier alpha value is -0.693. The van der Waals surface area contributed by atoms with Gasteiger partial charge >= 0.3 is 8.80 Å². The number of amides is 1.